The van der Waals surface area contributed by atoms with E-state index in [1.165, 1.54) is 14.2 Å². The van der Waals surface area contributed by atoms with Gasteiger partial charge in [-0.15, -0.1) is 0 Å². The molecule has 1 atom stereocenters. The molecule has 8 heteroatoms. The Bertz CT molecular complexity index is 592. The third kappa shape index (κ3) is 5.28. The summed E-state index contributed by atoms with van der Waals surface area (Å²) in [5.41, 5.74) is 0.684. The van der Waals surface area contributed by atoms with Crippen LogP contribution in [0, 0.1) is 0 Å². The smallest absolute Gasteiger partial charge is 0.306 e. The molecule has 0 amide bonds. The van der Waals surface area contributed by atoms with E-state index >= 15 is 0 Å². The van der Waals surface area contributed by atoms with Crippen LogP contribution in [0.3, 0.4) is 0 Å². The van der Waals surface area contributed by atoms with Crippen molar-refractivity contribution in [3.05, 3.63) is 34.9 Å². The summed E-state index contributed by atoms with van der Waals surface area (Å²) in [4.78, 5) is 11.0. The van der Waals surface area contributed by atoms with Crippen molar-refractivity contribution in [1.82, 2.24) is 9.03 Å². The lowest BCUT2D eigenvalue weighted by Gasteiger charge is -2.21. The van der Waals surface area contributed by atoms with Crippen molar-refractivity contribution >= 4 is 27.8 Å². The van der Waals surface area contributed by atoms with Crippen LogP contribution in [0.4, 0.5) is 0 Å². The molecular formula is C13H19ClN2O4S. The van der Waals surface area contributed by atoms with Gasteiger partial charge in [-0.3, -0.25) is 4.79 Å². The van der Waals surface area contributed by atoms with Gasteiger partial charge in [-0.25, -0.2) is 0 Å². The Kier molecular flexibility index (Phi) is 6.60. The fourth-order valence-electron chi connectivity index (χ4n) is 1.67. The minimum absolute atomic E-state index is 0.00557. The van der Waals surface area contributed by atoms with E-state index in [4.69, 9.17) is 11.6 Å². The van der Waals surface area contributed by atoms with E-state index < -0.39 is 22.2 Å². The average molecular weight is 335 g/mol. The van der Waals surface area contributed by atoms with Crippen molar-refractivity contribution in [2.24, 2.45) is 0 Å². The first-order valence-corrected chi connectivity index (χ1v) is 8.14. The van der Waals surface area contributed by atoms with Gasteiger partial charge in [0.1, 0.15) is 0 Å². The van der Waals surface area contributed by atoms with Gasteiger partial charge in [-0.1, -0.05) is 29.8 Å². The predicted molar refractivity (Wildman–Crippen MR) is 81.2 cm³/mol. The zero-order chi connectivity index (χ0) is 16.0. The SMILES string of the molecule is COC(=O)CCN(C)S(=O)(=O)N[C@H](C)c1ccccc1Cl. The molecule has 1 N–H and O–H groups in total. The number of esters is 1. The zero-order valence-corrected chi connectivity index (χ0v) is 13.7. The molecule has 0 spiro atoms. The van der Waals surface area contributed by atoms with E-state index in [0.29, 0.717) is 10.6 Å². The fraction of sp³-hybridized carbons (Fsp3) is 0.462. The standard InChI is InChI=1S/C13H19ClN2O4S/c1-10(11-6-4-5-7-12(11)14)15-21(18,19)16(2)9-8-13(17)20-3/h4-7,10,15H,8-9H2,1-3H3/t10-/m1/s1. The molecule has 0 unspecified atom stereocenters. The molecule has 0 radical (unpaired) electrons. The fourth-order valence-corrected chi connectivity index (χ4v) is 3.06. The van der Waals surface area contributed by atoms with E-state index in [0.717, 1.165) is 4.31 Å². The first-order valence-electron chi connectivity index (χ1n) is 6.32. The van der Waals surface area contributed by atoms with Gasteiger partial charge in [0.15, 0.2) is 0 Å². The van der Waals surface area contributed by atoms with E-state index in [2.05, 4.69) is 9.46 Å². The summed E-state index contributed by atoms with van der Waals surface area (Å²) in [6, 6.07) is 6.53. The molecule has 0 aliphatic heterocycles. The maximum absolute atomic E-state index is 12.1. The Hall–Kier alpha value is -1.15. The van der Waals surface area contributed by atoms with Crippen molar-refractivity contribution in [3.8, 4) is 0 Å². The van der Waals surface area contributed by atoms with Gasteiger partial charge in [0.2, 0.25) is 0 Å². The molecule has 6 nitrogen and oxygen atoms in total. The second-order valence-corrected chi connectivity index (χ2v) is 6.73. The molecule has 0 aromatic heterocycles. The number of benzene rings is 1. The van der Waals surface area contributed by atoms with Crippen LogP contribution in [0.2, 0.25) is 5.02 Å². The van der Waals surface area contributed by atoms with Crippen LogP contribution < -0.4 is 4.72 Å². The van der Waals surface area contributed by atoms with Crippen LogP contribution in [0.25, 0.3) is 0 Å². The molecular weight excluding hydrogens is 316 g/mol. The number of nitrogens with one attached hydrogen (secondary N) is 1. The average Bonchev–Trinajstić information content (AvgIpc) is 2.44. The van der Waals surface area contributed by atoms with Crippen LogP contribution in [0.15, 0.2) is 24.3 Å². The molecule has 0 heterocycles. The van der Waals surface area contributed by atoms with E-state index in [1.54, 1.807) is 31.2 Å². The minimum Gasteiger partial charge on any atom is -0.469 e. The van der Waals surface area contributed by atoms with Gasteiger partial charge >= 0.3 is 5.97 Å². The molecule has 0 bridgehead atoms. The summed E-state index contributed by atoms with van der Waals surface area (Å²) >= 11 is 6.04. The number of ether oxygens (including phenoxy) is 1. The van der Waals surface area contributed by atoms with E-state index in [-0.39, 0.29) is 13.0 Å². The summed E-state index contributed by atoms with van der Waals surface area (Å²) in [5, 5.41) is 0.491. The highest BCUT2D eigenvalue weighted by atomic mass is 35.5. The monoisotopic (exact) mass is 334 g/mol. The van der Waals surface area contributed by atoms with E-state index in [1.807, 2.05) is 0 Å². The molecule has 0 aliphatic rings. The maximum Gasteiger partial charge on any atom is 0.306 e. The number of rotatable bonds is 7. The van der Waals surface area contributed by atoms with Crippen molar-refractivity contribution in [2.45, 2.75) is 19.4 Å². The summed E-state index contributed by atoms with van der Waals surface area (Å²) in [6.07, 6.45) is -0.00557. The Morgan fingerprint density at radius 2 is 2.05 bits per heavy atom. The van der Waals surface area contributed by atoms with Gasteiger partial charge in [-0.05, 0) is 18.6 Å². The Labute approximate surface area is 130 Å². The Morgan fingerprint density at radius 1 is 1.43 bits per heavy atom. The highest BCUT2D eigenvalue weighted by molar-refractivity contribution is 7.87. The Balaban J connectivity index is 2.71. The van der Waals surface area contributed by atoms with Crippen LogP contribution in [-0.4, -0.2) is 39.4 Å². The molecule has 0 saturated heterocycles. The number of halogens is 1. The van der Waals surface area contributed by atoms with E-state index in [9.17, 15) is 13.2 Å². The van der Waals surface area contributed by atoms with Crippen molar-refractivity contribution in [2.75, 3.05) is 20.7 Å². The summed E-state index contributed by atoms with van der Waals surface area (Å²) in [5.74, 6) is -0.462. The number of nitrogens with zero attached hydrogens (tertiary/aromatic N) is 1. The lowest BCUT2D eigenvalue weighted by molar-refractivity contribution is -0.140. The number of carbonyl (C=O) groups excluding carboxylic acids is 1. The number of hydrogen-bond acceptors (Lipinski definition) is 4. The highest BCUT2D eigenvalue weighted by Crippen LogP contribution is 2.22. The molecule has 0 aliphatic carbocycles. The largest absolute Gasteiger partial charge is 0.469 e. The Morgan fingerprint density at radius 3 is 2.62 bits per heavy atom. The summed E-state index contributed by atoms with van der Waals surface area (Å²) in [6.45, 7) is 1.74. The minimum atomic E-state index is -3.71. The first-order chi connectivity index (χ1) is 9.77. The molecule has 118 valence electrons. The zero-order valence-electron chi connectivity index (χ0n) is 12.2. The van der Waals surface area contributed by atoms with Crippen molar-refractivity contribution < 1.29 is 17.9 Å². The predicted octanol–water partition coefficient (Wildman–Crippen LogP) is 1.73. The second kappa shape index (κ2) is 7.74. The number of methoxy groups -OCH3 is 1. The molecule has 1 aromatic rings. The molecule has 1 aromatic carbocycles. The molecule has 0 saturated carbocycles. The normalized spacial score (nSPS) is 13.2. The quantitative estimate of drug-likeness (QED) is 0.770. The van der Waals surface area contributed by atoms with Gasteiger partial charge < -0.3 is 4.74 Å². The molecule has 21 heavy (non-hydrogen) atoms. The lowest BCUT2D eigenvalue weighted by Crippen LogP contribution is -2.40. The van der Waals surface area contributed by atoms with Gasteiger partial charge in [0.05, 0.1) is 13.5 Å². The highest BCUT2D eigenvalue weighted by Gasteiger charge is 2.22. The summed E-state index contributed by atoms with van der Waals surface area (Å²) in [7, 11) is -1.06. The molecule has 0 fully saturated rings. The lowest BCUT2D eigenvalue weighted by atomic mass is 10.1. The second-order valence-electron chi connectivity index (χ2n) is 4.51. The third-order valence-electron chi connectivity index (χ3n) is 2.97. The van der Waals surface area contributed by atoms with Crippen LogP contribution in [-0.2, 0) is 19.7 Å². The first kappa shape index (κ1) is 17.9. The molecule has 1 rings (SSSR count). The van der Waals surface area contributed by atoms with Gasteiger partial charge in [0, 0.05) is 24.7 Å². The third-order valence-corrected chi connectivity index (χ3v) is 4.97. The number of hydrogen-bond donors (Lipinski definition) is 1. The van der Waals surface area contributed by atoms with Crippen LogP contribution in [0.1, 0.15) is 24.9 Å². The van der Waals surface area contributed by atoms with Crippen molar-refractivity contribution in [1.29, 1.82) is 0 Å². The van der Waals surface area contributed by atoms with Crippen LogP contribution in [0.5, 0.6) is 0 Å². The van der Waals surface area contributed by atoms with Crippen LogP contribution >= 0.6 is 11.6 Å². The maximum atomic E-state index is 12.1. The van der Waals surface area contributed by atoms with Gasteiger partial charge in [0.25, 0.3) is 10.2 Å². The number of carbonyl (C=O) groups is 1. The van der Waals surface area contributed by atoms with Crippen molar-refractivity contribution in [3.63, 3.8) is 0 Å². The summed E-state index contributed by atoms with van der Waals surface area (Å²) < 4.78 is 32.4. The topological polar surface area (TPSA) is 75.7 Å². The van der Waals surface area contributed by atoms with Gasteiger partial charge in [-0.2, -0.15) is 17.4 Å².